The molecule has 2 fully saturated rings. The van der Waals surface area contributed by atoms with E-state index in [4.69, 9.17) is 27.5 Å². The lowest BCUT2D eigenvalue weighted by Crippen LogP contribution is -2.43. The number of hydrogen-bond donors (Lipinski definition) is 3. The van der Waals surface area contributed by atoms with Gasteiger partial charge in [-0.1, -0.05) is 42.0 Å². The number of ether oxygens (including phenoxy) is 1. The normalized spacial score (nSPS) is 21.7. The van der Waals surface area contributed by atoms with Gasteiger partial charge in [-0.25, -0.2) is 8.42 Å². The van der Waals surface area contributed by atoms with Gasteiger partial charge in [-0.15, -0.1) is 0 Å². The summed E-state index contributed by atoms with van der Waals surface area (Å²) in [5, 5.41) is 17.0. The number of amidine groups is 1. The van der Waals surface area contributed by atoms with Gasteiger partial charge in [0.05, 0.1) is 17.3 Å². The standard InChI is InChI=1S/C26H31ClN4O5S/c1-30-19-7-8-20(30)14-22(13-19)36-24-10-9-21(15-23(24)27)31(37(34,35)16-25(32)33)11-3-5-17-4-2-6-18(12-17)26(28)29/h2-6,9-10,12,15,19-20,22H,7-8,11,13-14,16H2,1H3,(H3,28,29)(H,32,33). The van der Waals surface area contributed by atoms with Crippen LogP contribution in [0.4, 0.5) is 5.69 Å². The van der Waals surface area contributed by atoms with Gasteiger partial charge in [0.25, 0.3) is 0 Å². The summed E-state index contributed by atoms with van der Waals surface area (Å²) < 4.78 is 33.1. The van der Waals surface area contributed by atoms with Crippen molar-refractivity contribution in [3.63, 3.8) is 0 Å². The number of rotatable bonds is 10. The highest BCUT2D eigenvalue weighted by atomic mass is 35.5. The summed E-state index contributed by atoms with van der Waals surface area (Å²) in [4.78, 5) is 13.7. The average molecular weight is 547 g/mol. The van der Waals surface area contributed by atoms with Crippen LogP contribution in [-0.4, -0.2) is 67.8 Å². The van der Waals surface area contributed by atoms with Crippen LogP contribution < -0.4 is 14.8 Å². The molecule has 2 atom stereocenters. The first-order chi connectivity index (χ1) is 17.5. The first-order valence-corrected chi connectivity index (χ1v) is 14.0. The number of nitrogen functional groups attached to an aromatic ring is 1. The SMILES string of the molecule is CN1C2CCC1CC(Oc1ccc(N(CC=Cc3cccc(C(=N)N)c3)S(=O)(=O)CC(=O)O)cc1Cl)C2. The lowest BCUT2D eigenvalue weighted by atomic mass is 10.0. The molecule has 2 aromatic carbocycles. The van der Waals surface area contributed by atoms with Crippen LogP contribution in [-0.2, 0) is 14.8 Å². The molecular formula is C26H31ClN4O5S. The fourth-order valence-corrected chi connectivity index (χ4v) is 6.52. The number of piperidine rings is 1. The molecule has 2 aliphatic heterocycles. The van der Waals surface area contributed by atoms with Crippen molar-refractivity contribution in [2.24, 2.45) is 5.73 Å². The Morgan fingerprint density at radius 2 is 1.95 bits per heavy atom. The summed E-state index contributed by atoms with van der Waals surface area (Å²) in [6.45, 7) is -0.116. The number of sulfonamides is 1. The predicted molar refractivity (Wildman–Crippen MR) is 145 cm³/mol. The fourth-order valence-electron chi connectivity index (χ4n) is 5.09. The summed E-state index contributed by atoms with van der Waals surface area (Å²) in [5.74, 6) is -2.11. The highest BCUT2D eigenvalue weighted by Crippen LogP contribution is 2.38. The zero-order valence-corrected chi connectivity index (χ0v) is 22.1. The van der Waals surface area contributed by atoms with Gasteiger partial charge in [-0.2, -0.15) is 0 Å². The summed E-state index contributed by atoms with van der Waals surface area (Å²) in [6.07, 6.45) is 7.49. The van der Waals surface area contributed by atoms with Gasteiger partial charge in [0.2, 0.25) is 10.0 Å². The summed E-state index contributed by atoms with van der Waals surface area (Å²) in [7, 11) is -2.04. The summed E-state index contributed by atoms with van der Waals surface area (Å²) in [5.41, 5.74) is 7.04. The fraction of sp³-hybridized carbons (Fsp3) is 0.385. The Morgan fingerprint density at radius 3 is 2.57 bits per heavy atom. The van der Waals surface area contributed by atoms with Crippen molar-refractivity contribution in [1.29, 1.82) is 5.41 Å². The van der Waals surface area contributed by atoms with Crippen LogP contribution in [0.5, 0.6) is 5.75 Å². The lowest BCUT2D eigenvalue weighted by molar-refractivity contribution is -0.134. The van der Waals surface area contributed by atoms with Crippen molar-refractivity contribution < 1.29 is 23.1 Å². The van der Waals surface area contributed by atoms with Gasteiger partial charge in [0.15, 0.2) is 5.75 Å². The van der Waals surface area contributed by atoms with Crippen molar-refractivity contribution in [2.75, 3.05) is 23.7 Å². The van der Waals surface area contributed by atoms with E-state index in [0.29, 0.717) is 23.4 Å². The van der Waals surface area contributed by atoms with E-state index in [9.17, 15) is 18.3 Å². The second kappa shape index (κ2) is 11.1. The molecule has 2 heterocycles. The van der Waals surface area contributed by atoms with Crippen molar-refractivity contribution in [3.05, 3.63) is 64.7 Å². The first-order valence-electron chi connectivity index (χ1n) is 12.0. The number of aliphatic carboxylic acids is 1. The molecule has 2 aromatic rings. The largest absolute Gasteiger partial charge is 0.489 e. The van der Waals surface area contributed by atoms with E-state index in [1.165, 1.54) is 6.07 Å². The van der Waals surface area contributed by atoms with Crippen molar-refractivity contribution in [2.45, 2.75) is 43.9 Å². The number of halogens is 1. The van der Waals surface area contributed by atoms with Crippen LogP contribution in [0.1, 0.15) is 36.8 Å². The Labute approximate surface area is 222 Å². The molecule has 0 saturated carbocycles. The van der Waals surface area contributed by atoms with Crippen LogP contribution in [0.15, 0.2) is 48.5 Å². The average Bonchev–Trinajstić information content (AvgIpc) is 3.02. The number of nitrogens with zero attached hydrogens (tertiary/aromatic N) is 2. The van der Waals surface area contributed by atoms with E-state index < -0.39 is 21.7 Å². The number of carbonyl (C=O) groups is 1. The Kier molecular flexibility index (Phi) is 8.11. The van der Waals surface area contributed by atoms with Crippen molar-refractivity contribution in [3.8, 4) is 5.75 Å². The Morgan fingerprint density at radius 1 is 1.24 bits per heavy atom. The number of benzene rings is 2. The number of carboxylic acids is 1. The molecule has 0 aromatic heterocycles. The highest BCUT2D eigenvalue weighted by molar-refractivity contribution is 7.93. The van der Waals surface area contributed by atoms with Gasteiger partial charge in [-0.3, -0.25) is 14.5 Å². The molecule has 4 N–H and O–H groups in total. The maximum Gasteiger partial charge on any atom is 0.320 e. The van der Waals surface area contributed by atoms with Gasteiger partial charge < -0.3 is 20.5 Å². The van der Waals surface area contributed by atoms with Crippen molar-refractivity contribution >= 4 is 45.2 Å². The van der Waals surface area contributed by atoms with E-state index in [0.717, 1.165) is 35.6 Å². The molecule has 11 heteroatoms. The van der Waals surface area contributed by atoms with Crippen LogP contribution >= 0.6 is 11.6 Å². The molecule has 37 heavy (non-hydrogen) atoms. The molecule has 0 spiro atoms. The second-order valence-corrected chi connectivity index (χ2v) is 11.8. The van der Waals surface area contributed by atoms with Gasteiger partial charge >= 0.3 is 5.97 Å². The Balaban J connectivity index is 1.54. The third-order valence-corrected chi connectivity index (χ3v) is 8.91. The topological polar surface area (TPSA) is 137 Å². The van der Waals surface area contributed by atoms with Crippen LogP contribution in [0, 0.1) is 5.41 Å². The van der Waals surface area contributed by atoms with Gasteiger partial charge in [0.1, 0.15) is 17.7 Å². The number of nitrogens with two attached hydrogens (primary N) is 1. The van der Waals surface area contributed by atoms with E-state index in [1.54, 1.807) is 48.6 Å². The van der Waals surface area contributed by atoms with Crippen molar-refractivity contribution in [1.82, 2.24) is 4.90 Å². The highest BCUT2D eigenvalue weighted by Gasteiger charge is 2.39. The maximum atomic E-state index is 12.9. The predicted octanol–water partition coefficient (Wildman–Crippen LogP) is 3.56. The van der Waals surface area contributed by atoms with Crippen LogP contribution in [0.25, 0.3) is 6.08 Å². The Bertz CT molecular complexity index is 1300. The number of anilines is 1. The summed E-state index contributed by atoms with van der Waals surface area (Å²) in [6, 6.07) is 12.6. The minimum atomic E-state index is -4.20. The van der Waals surface area contributed by atoms with Crippen LogP contribution in [0.2, 0.25) is 5.02 Å². The van der Waals surface area contributed by atoms with Crippen LogP contribution in [0.3, 0.4) is 0 Å². The maximum absolute atomic E-state index is 12.9. The molecule has 0 aliphatic carbocycles. The number of carboxylic acid groups (broad SMARTS) is 1. The molecule has 2 saturated heterocycles. The quantitative estimate of drug-likeness (QED) is 0.306. The molecule has 0 amide bonds. The molecule has 2 bridgehead atoms. The van der Waals surface area contributed by atoms with Gasteiger partial charge in [0, 0.05) is 17.6 Å². The number of fused-ring (bicyclic) bond motifs is 2. The molecule has 2 aliphatic rings. The smallest absolute Gasteiger partial charge is 0.320 e. The monoisotopic (exact) mass is 546 g/mol. The first kappa shape index (κ1) is 27.0. The summed E-state index contributed by atoms with van der Waals surface area (Å²) >= 11 is 6.52. The van der Waals surface area contributed by atoms with E-state index in [2.05, 4.69) is 11.9 Å². The number of hydrogen-bond acceptors (Lipinski definition) is 6. The molecule has 198 valence electrons. The van der Waals surface area contributed by atoms with Gasteiger partial charge in [-0.05, 0) is 62.6 Å². The molecule has 0 radical (unpaired) electrons. The minimum Gasteiger partial charge on any atom is -0.489 e. The Hall–Kier alpha value is -3.08. The molecule has 9 nitrogen and oxygen atoms in total. The second-order valence-electron chi connectivity index (χ2n) is 9.50. The van der Waals surface area contributed by atoms with E-state index in [-0.39, 0.29) is 29.2 Å². The zero-order valence-electron chi connectivity index (χ0n) is 20.5. The third-order valence-electron chi connectivity index (χ3n) is 6.97. The minimum absolute atomic E-state index is 0.0394. The van der Waals surface area contributed by atoms with E-state index >= 15 is 0 Å². The zero-order chi connectivity index (χ0) is 26.7. The van der Waals surface area contributed by atoms with E-state index in [1.807, 2.05) is 0 Å². The molecule has 2 unspecified atom stereocenters. The molecule has 4 rings (SSSR count). The molecular weight excluding hydrogens is 516 g/mol. The third kappa shape index (κ3) is 6.44. The lowest BCUT2D eigenvalue weighted by Gasteiger charge is -2.36. The number of nitrogens with one attached hydrogen (secondary N) is 1.